The molecule has 0 spiro atoms. The van der Waals surface area contributed by atoms with Crippen LogP contribution in [-0.2, 0) is 6.54 Å². The summed E-state index contributed by atoms with van der Waals surface area (Å²) in [5, 5.41) is 3.73. The van der Waals surface area contributed by atoms with Crippen LogP contribution in [0.2, 0.25) is 0 Å². The number of nitrogens with two attached hydrogens (primary N) is 1. The highest BCUT2D eigenvalue weighted by Crippen LogP contribution is 2.28. The molecule has 1 aliphatic rings. The van der Waals surface area contributed by atoms with Gasteiger partial charge in [0.2, 0.25) is 0 Å². The van der Waals surface area contributed by atoms with Crippen molar-refractivity contribution in [3.8, 4) is 0 Å². The smallest absolute Gasteiger partial charge is 0.0346 e. The normalized spacial score (nSPS) is 20.4. The van der Waals surface area contributed by atoms with Crippen molar-refractivity contribution in [2.24, 2.45) is 5.73 Å². The molecule has 1 unspecified atom stereocenters. The van der Waals surface area contributed by atoms with Gasteiger partial charge in [0.1, 0.15) is 0 Å². The highest BCUT2D eigenvalue weighted by atomic mass is 35.5. The number of hydrogen-bond acceptors (Lipinski definition) is 3. The van der Waals surface area contributed by atoms with Crippen LogP contribution in [0.5, 0.6) is 0 Å². The predicted octanol–water partition coefficient (Wildman–Crippen LogP) is 3.64. The van der Waals surface area contributed by atoms with Crippen molar-refractivity contribution in [3.05, 3.63) is 35.2 Å². The van der Waals surface area contributed by atoms with E-state index in [1.165, 1.54) is 41.5 Å². The van der Waals surface area contributed by atoms with Crippen LogP contribution >= 0.6 is 23.7 Å². The van der Waals surface area contributed by atoms with Gasteiger partial charge in [0.05, 0.1) is 0 Å². The molecule has 0 bridgehead atoms. The van der Waals surface area contributed by atoms with Crippen LogP contribution in [0.3, 0.4) is 0 Å². The zero-order valence-corrected chi connectivity index (χ0v) is 12.7. The van der Waals surface area contributed by atoms with Crippen molar-refractivity contribution in [1.82, 2.24) is 4.90 Å². The van der Waals surface area contributed by atoms with E-state index in [4.69, 9.17) is 5.73 Å². The maximum Gasteiger partial charge on any atom is 0.0346 e. The molecule has 1 aromatic carbocycles. The number of halogens is 1. The molecular weight excluding hydrogens is 276 g/mol. The molecule has 0 saturated carbocycles. The van der Waals surface area contributed by atoms with Gasteiger partial charge >= 0.3 is 0 Å². The summed E-state index contributed by atoms with van der Waals surface area (Å²) in [7, 11) is 0. The first-order valence-corrected chi connectivity index (χ1v) is 7.65. The van der Waals surface area contributed by atoms with Gasteiger partial charge in [-0.15, -0.1) is 23.7 Å². The standard InChI is InChI=1S/C15H20N2S.ClH/c16-9-13-5-3-4-8-17(13)10-12-11-18-15-7-2-1-6-14(12)15;/h1-2,6-7,11,13H,3-5,8-10,16H2;1H. The summed E-state index contributed by atoms with van der Waals surface area (Å²) in [6.45, 7) is 3.06. The summed E-state index contributed by atoms with van der Waals surface area (Å²) in [6, 6.07) is 9.28. The fourth-order valence-corrected chi connectivity index (χ4v) is 3.86. The Morgan fingerprint density at radius 2 is 2.11 bits per heavy atom. The quantitative estimate of drug-likeness (QED) is 0.937. The average molecular weight is 297 g/mol. The molecule has 0 radical (unpaired) electrons. The molecule has 1 aromatic heterocycles. The van der Waals surface area contributed by atoms with Crippen molar-refractivity contribution >= 4 is 33.8 Å². The summed E-state index contributed by atoms with van der Waals surface area (Å²) in [5.74, 6) is 0. The Kier molecular flexibility index (Phi) is 5.22. The summed E-state index contributed by atoms with van der Waals surface area (Å²) in [4.78, 5) is 2.57. The van der Waals surface area contributed by atoms with E-state index in [1.54, 1.807) is 0 Å². The Morgan fingerprint density at radius 3 is 2.95 bits per heavy atom. The lowest BCUT2D eigenvalue weighted by molar-refractivity contribution is 0.145. The Bertz CT molecular complexity index is 526. The van der Waals surface area contributed by atoms with Gasteiger partial charge in [-0.3, -0.25) is 4.90 Å². The Hall–Kier alpha value is -0.610. The third-order valence-corrected chi connectivity index (χ3v) is 4.97. The van der Waals surface area contributed by atoms with Gasteiger partial charge in [-0.05, 0) is 41.8 Å². The molecule has 1 atom stereocenters. The second-order valence-electron chi connectivity index (χ2n) is 5.11. The third kappa shape index (κ3) is 3.11. The lowest BCUT2D eigenvalue weighted by Crippen LogP contribution is -2.43. The fraction of sp³-hybridized carbons (Fsp3) is 0.467. The molecule has 4 heteroatoms. The Balaban J connectivity index is 0.00000133. The van der Waals surface area contributed by atoms with Crippen molar-refractivity contribution in [3.63, 3.8) is 0 Å². The van der Waals surface area contributed by atoms with E-state index in [1.807, 2.05) is 11.3 Å². The summed E-state index contributed by atoms with van der Waals surface area (Å²) in [6.07, 6.45) is 3.92. The first-order chi connectivity index (χ1) is 8.88. The Morgan fingerprint density at radius 1 is 1.26 bits per heavy atom. The van der Waals surface area contributed by atoms with Gasteiger partial charge in [0, 0.05) is 23.8 Å². The van der Waals surface area contributed by atoms with Crippen LogP contribution in [-0.4, -0.2) is 24.0 Å². The molecule has 104 valence electrons. The largest absolute Gasteiger partial charge is 0.329 e. The van der Waals surface area contributed by atoms with Crippen LogP contribution in [0, 0.1) is 0 Å². The lowest BCUT2D eigenvalue weighted by Gasteiger charge is -2.34. The number of likely N-dealkylation sites (tertiary alicyclic amines) is 1. The summed E-state index contributed by atoms with van der Waals surface area (Å²) >= 11 is 1.85. The first-order valence-electron chi connectivity index (χ1n) is 6.77. The fourth-order valence-electron chi connectivity index (χ4n) is 2.91. The molecule has 2 aromatic rings. The van der Waals surface area contributed by atoms with Crippen LogP contribution in [0.4, 0.5) is 0 Å². The van der Waals surface area contributed by atoms with Crippen LogP contribution in [0.15, 0.2) is 29.6 Å². The zero-order valence-electron chi connectivity index (χ0n) is 11.0. The maximum absolute atomic E-state index is 5.90. The van der Waals surface area contributed by atoms with Crippen LogP contribution < -0.4 is 5.73 Å². The molecule has 0 aliphatic carbocycles. The van der Waals surface area contributed by atoms with Crippen molar-refractivity contribution in [2.45, 2.75) is 31.8 Å². The van der Waals surface area contributed by atoms with Gasteiger partial charge in [0.15, 0.2) is 0 Å². The monoisotopic (exact) mass is 296 g/mol. The molecule has 2 N–H and O–H groups in total. The molecule has 1 saturated heterocycles. The maximum atomic E-state index is 5.90. The van der Waals surface area contributed by atoms with Crippen LogP contribution in [0.25, 0.3) is 10.1 Å². The van der Waals surface area contributed by atoms with Crippen molar-refractivity contribution < 1.29 is 0 Å². The number of hydrogen-bond donors (Lipinski definition) is 1. The summed E-state index contributed by atoms with van der Waals surface area (Å²) in [5.41, 5.74) is 7.36. The van der Waals surface area contributed by atoms with E-state index in [0.29, 0.717) is 6.04 Å². The topological polar surface area (TPSA) is 29.3 Å². The number of nitrogens with zero attached hydrogens (tertiary/aromatic N) is 1. The molecule has 0 amide bonds. The van der Waals surface area contributed by atoms with Gasteiger partial charge in [-0.1, -0.05) is 24.6 Å². The molecule has 3 rings (SSSR count). The number of rotatable bonds is 3. The number of thiophene rings is 1. The van der Waals surface area contributed by atoms with Gasteiger partial charge < -0.3 is 5.73 Å². The Labute approximate surface area is 125 Å². The van der Waals surface area contributed by atoms with Crippen molar-refractivity contribution in [1.29, 1.82) is 0 Å². The zero-order chi connectivity index (χ0) is 12.4. The van der Waals surface area contributed by atoms with E-state index in [-0.39, 0.29) is 12.4 Å². The van der Waals surface area contributed by atoms with Gasteiger partial charge in [-0.25, -0.2) is 0 Å². The molecule has 2 heterocycles. The van der Waals surface area contributed by atoms with Gasteiger partial charge in [0.25, 0.3) is 0 Å². The summed E-state index contributed by atoms with van der Waals surface area (Å²) < 4.78 is 1.40. The van der Waals surface area contributed by atoms with E-state index in [0.717, 1.165) is 13.1 Å². The van der Waals surface area contributed by atoms with E-state index >= 15 is 0 Å². The van der Waals surface area contributed by atoms with Crippen LogP contribution in [0.1, 0.15) is 24.8 Å². The highest BCUT2D eigenvalue weighted by molar-refractivity contribution is 7.17. The molecule has 19 heavy (non-hydrogen) atoms. The third-order valence-electron chi connectivity index (χ3n) is 3.96. The minimum absolute atomic E-state index is 0. The van der Waals surface area contributed by atoms with E-state index in [9.17, 15) is 0 Å². The minimum Gasteiger partial charge on any atom is -0.329 e. The molecule has 1 fully saturated rings. The minimum atomic E-state index is 0. The van der Waals surface area contributed by atoms with E-state index < -0.39 is 0 Å². The van der Waals surface area contributed by atoms with Gasteiger partial charge in [-0.2, -0.15) is 0 Å². The number of benzene rings is 1. The number of fused-ring (bicyclic) bond motifs is 1. The molecular formula is C15H21ClN2S. The highest BCUT2D eigenvalue weighted by Gasteiger charge is 2.21. The van der Waals surface area contributed by atoms with Crippen molar-refractivity contribution in [2.75, 3.05) is 13.1 Å². The SMILES string of the molecule is Cl.NCC1CCCCN1Cc1csc2ccccc12. The number of piperidine rings is 1. The van der Waals surface area contributed by atoms with E-state index in [2.05, 4.69) is 34.5 Å². The first kappa shape index (κ1) is 14.8. The second-order valence-corrected chi connectivity index (χ2v) is 6.02. The second kappa shape index (κ2) is 6.71. The predicted molar refractivity (Wildman–Crippen MR) is 86.2 cm³/mol. The average Bonchev–Trinajstić information content (AvgIpc) is 2.83. The lowest BCUT2D eigenvalue weighted by atomic mass is 10.0. The molecule has 2 nitrogen and oxygen atoms in total. The molecule has 1 aliphatic heterocycles.